The first kappa shape index (κ1) is 27.8. The molecule has 2 aromatic carbocycles. The molecule has 4 heterocycles. The normalized spacial score (nSPS) is 17.4. The maximum Gasteiger partial charge on any atom is 0.175 e. The highest BCUT2D eigenvalue weighted by atomic mass is 32.2. The predicted octanol–water partition coefficient (Wildman–Crippen LogP) is 5.20. The average molecular weight is 581 g/mol. The van der Waals surface area contributed by atoms with Crippen LogP contribution in [-0.4, -0.2) is 74.6 Å². The highest BCUT2D eigenvalue weighted by molar-refractivity contribution is 7.90. The summed E-state index contributed by atoms with van der Waals surface area (Å²) in [7, 11) is -1.38. The summed E-state index contributed by atoms with van der Waals surface area (Å²) in [4.78, 5) is 9.18. The Kier molecular flexibility index (Phi) is 7.33. The molecule has 0 N–H and O–H groups in total. The van der Waals surface area contributed by atoms with Gasteiger partial charge in [-0.05, 0) is 61.7 Å². The second-order valence-corrected chi connectivity index (χ2v) is 13.1. The average Bonchev–Trinajstić information content (AvgIpc) is 3.30. The molecular formula is C31H34F2N4O3S. The number of halogens is 2. The molecular weight excluding hydrogens is 546 g/mol. The first-order valence-electron chi connectivity index (χ1n) is 13.9. The first-order valence-corrected chi connectivity index (χ1v) is 15.8. The molecule has 0 bridgehead atoms. The van der Waals surface area contributed by atoms with Crippen LogP contribution in [0.2, 0.25) is 0 Å². The standard InChI is InChI=1S/C31H34F2N4O3S/c1-20-25-18-29(21-4-6-24(7-5-21)41(3,38)39)35(2)30(25)19-28(34-20)22-16-26(32)31(27(33)17-22)37-12-10-36(11-13-37)23-8-14-40-15-9-23/h4-7,16-19,23H,8-15H2,1-3H3. The van der Waals surface area contributed by atoms with Crippen LogP contribution in [0.4, 0.5) is 14.5 Å². The van der Waals surface area contributed by atoms with Crippen molar-refractivity contribution in [3.63, 3.8) is 0 Å². The molecule has 2 aromatic heterocycles. The highest BCUT2D eigenvalue weighted by Gasteiger charge is 2.28. The van der Waals surface area contributed by atoms with Gasteiger partial charge in [0.25, 0.3) is 0 Å². The van der Waals surface area contributed by atoms with Gasteiger partial charge in [0.15, 0.2) is 9.84 Å². The second kappa shape index (κ2) is 10.8. The van der Waals surface area contributed by atoms with E-state index in [0.717, 1.165) is 67.0 Å². The van der Waals surface area contributed by atoms with E-state index in [1.165, 1.54) is 18.4 Å². The quantitative estimate of drug-likeness (QED) is 0.324. The molecule has 2 fully saturated rings. The summed E-state index contributed by atoms with van der Waals surface area (Å²) in [5.74, 6) is -1.17. The maximum absolute atomic E-state index is 15.5. The molecule has 2 saturated heterocycles. The lowest BCUT2D eigenvalue weighted by atomic mass is 10.0. The Morgan fingerprint density at radius 3 is 2.15 bits per heavy atom. The van der Waals surface area contributed by atoms with Crippen LogP contribution >= 0.6 is 0 Å². The smallest absolute Gasteiger partial charge is 0.175 e. The number of sulfone groups is 1. The number of hydrogen-bond donors (Lipinski definition) is 0. The van der Waals surface area contributed by atoms with Gasteiger partial charge in [-0.3, -0.25) is 9.88 Å². The fourth-order valence-corrected chi connectivity index (χ4v) is 6.79. The lowest BCUT2D eigenvalue weighted by Crippen LogP contribution is -2.52. The Hall–Kier alpha value is -3.34. The Morgan fingerprint density at radius 2 is 1.54 bits per heavy atom. The number of anilines is 1. The topological polar surface area (TPSA) is 67.7 Å². The van der Waals surface area contributed by atoms with E-state index < -0.39 is 21.5 Å². The number of piperazine rings is 1. The number of ether oxygens (including phenoxy) is 1. The number of hydrogen-bond acceptors (Lipinski definition) is 6. The van der Waals surface area contributed by atoms with Gasteiger partial charge in [0.2, 0.25) is 0 Å². The third-order valence-electron chi connectivity index (χ3n) is 8.46. The summed E-state index contributed by atoms with van der Waals surface area (Å²) in [6.07, 6.45) is 3.19. The summed E-state index contributed by atoms with van der Waals surface area (Å²) in [5, 5.41) is 0.915. The molecule has 0 spiro atoms. The van der Waals surface area contributed by atoms with E-state index in [4.69, 9.17) is 9.72 Å². The van der Waals surface area contributed by atoms with Gasteiger partial charge in [-0.15, -0.1) is 0 Å². The molecule has 2 aliphatic rings. The van der Waals surface area contributed by atoms with E-state index in [1.807, 2.05) is 35.6 Å². The van der Waals surface area contributed by atoms with Crippen molar-refractivity contribution < 1.29 is 21.9 Å². The van der Waals surface area contributed by atoms with Crippen molar-refractivity contribution >= 4 is 26.4 Å². The Labute approximate surface area is 239 Å². The van der Waals surface area contributed by atoms with E-state index in [0.29, 0.717) is 30.4 Å². The fraction of sp³-hybridized carbons (Fsp3) is 0.387. The summed E-state index contributed by atoms with van der Waals surface area (Å²) < 4.78 is 62.1. The molecule has 10 heteroatoms. The van der Waals surface area contributed by atoms with Crippen LogP contribution < -0.4 is 4.90 Å². The Balaban J connectivity index is 1.27. The predicted molar refractivity (Wildman–Crippen MR) is 157 cm³/mol. The SMILES string of the molecule is Cc1nc(-c2cc(F)c(N3CCN(C4CCOCC4)CC3)c(F)c2)cc2c1cc(-c1ccc(S(C)(=O)=O)cc1)n2C. The second-order valence-electron chi connectivity index (χ2n) is 11.1. The van der Waals surface area contributed by atoms with Gasteiger partial charge in [0.1, 0.15) is 17.3 Å². The van der Waals surface area contributed by atoms with Crippen molar-refractivity contribution in [2.24, 2.45) is 7.05 Å². The van der Waals surface area contributed by atoms with Crippen molar-refractivity contribution in [3.05, 3.63) is 65.9 Å². The van der Waals surface area contributed by atoms with E-state index in [1.54, 1.807) is 24.3 Å². The van der Waals surface area contributed by atoms with Gasteiger partial charge in [0.05, 0.1) is 16.1 Å². The minimum atomic E-state index is -3.29. The molecule has 0 saturated carbocycles. The first-order chi connectivity index (χ1) is 19.6. The number of rotatable bonds is 5. The van der Waals surface area contributed by atoms with Crippen LogP contribution in [0.1, 0.15) is 18.5 Å². The van der Waals surface area contributed by atoms with Crippen molar-refractivity contribution in [1.29, 1.82) is 0 Å². The Morgan fingerprint density at radius 1 is 0.902 bits per heavy atom. The van der Waals surface area contributed by atoms with E-state index in [-0.39, 0.29) is 10.6 Å². The summed E-state index contributed by atoms with van der Waals surface area (Å²) in [6.45, 7) is 6.12. The number of pyridine rings is 1. The highest BCUT2D eigenvalue weighted by Crippen LogP contribution is 2.34. The van der Waals surface area contributed by atoms with Crippen molar-refractivity contribution in [2.45, 2.75) is 30.7 Å². The van der Waals surface area contributed by atoms with Crippen LogP contribution in [-0.2, 0) is 21.6 Å². The van der Waals surface area contributed by atoms with Gasteiger partial charge >= 0.3 is 0 Å². The molecule has 6 rings (SSSR count). The molecule has 0 radical (unpaired) electrons. The number of aryl methyl sites for hydroxylation is 2. The molecule has 41 heavy (non-hydrogen) atoms. The maximum atomic E-state index is 15.5. The van der Waals surface area contributed by atoms with Gasteiger partial charge in [0, 0.05) is 81.1 Å². The zero-order valence-electron chi connectivity index (χ0n) is 23.5. The minimum Gasteiger partial charge on any atom is -0.381 e. The molecule has 0 atom stereocenters. The molecule has 0 amide bonds. The summed E-state index contributed by atoms with van der Waals surface area (Å²) >= 11 is 0. The van der Waals surface area contributed by atoms with Crippen LogP contribution in [0.5, 0.6) is 0 Å². The van der Waals surface area contributed by atoms with Crippen LogP contribution in [0.25, 0.3) is 33.4 Å². The van der Waals surface area contributed by atoms with E-state index in [2.05, 4.69) is 4.90 Å². The Bertz CT molecular complexity index is 1680. The minimum absolute atomic E-state index is 0.0249. The van der Waals surface area contributed by atoms with E-state index in [9.17, 15) is 8.42 Å². The molecule has 216 valence electrons. The lowest BCUT2D eigenvalue weighted by Gasteiger charge is -2.41. The van der Waals surface area contributed by atoms with Crippen LogP contribution in [0, 0.1) is 18.6 Å². The summed E-state index contributed by atoms with van der Waals surface area (Å²) in [5.41, 5.74) is 4.24. The number of fused-ring (bicyclic) bond motifs is 1. The number of aromatic nitrogens is 2. The molecule has 7 nitrogen and oxygen atoms in total. The van der Waals surface area contributed by atoms with Crippen molar-refractivity contribution in [2.75, 3.05) is 50.5 Å². The largest absolute Gasteiger partial charge is 0.381 e. The third-order valence-corrected chi connectivity index (χ3v) is 9.59. The van der Waals surface area contributed by atoms with Crippen molar-refractivity contribution in [1.82, 2.24) is 14.5 Å². The number of benzene rings is 2. The zero-order valence-corrected chi connectivity index (χ0v) is 24.3. The van der Waals surface area contributed by atoms with Gasteiger partial charge in [-0.1, -0.05) is 12.1 Å². The monoisotopic (exact) mass is 580 g/mol. The van der Waals surface area contributed by atoms with Crippen molar-refractivity contribution in [3.8, 4) is 22.5 Å². The third kappa shape index (κ3) is 5.36. The summed E-state index contributed by atoms with van der Waals surface area (Å²) in [6, 6.07) is 13.8. The fourth-order valence-electron chi connectivity index (χ4n) is 6.16. The van der Waals surface area contributed by atoms with Gasteiger partial charge in [-0.25, -0.2) is 17.2 Å². The number of nitrogens with zero attached hydrogens (tertiary/aromatic N) is 4. The molecule has 4 aromatic rings. The zero-order chi connectivity index (χ0) is 28.9. The molecule has 0 unspecified atom stereocenters. The van der Waals surface area contributed by atoms with Crippen LogP contribution in [0.3, 0.4) is 0 Å². The molecule has 0 aliphatic carbocycles. The van der Waals surface area contributed by atoms with Gasteiger partial charge in [-0.2, -0.15) is 0 Å². The molecule has 2 aliphatic heterocycles. The van der Waals surface area contributed by atoms with Crippen LogP contribution in [0.15, 0.2) is 53.4 Å². The van der Waals surface area contributed by atoms with E-state index >= 15 is 8.78 Å². The van der Waals surface area contributed by atoms with Gasteiger partial charge < -0.3 is 14.2 Å². The lowest BCUT2D eigenvalue weighted by molar-refractivity contribution is 0.0320.